The minimum atomic E-state index is -0.288. The van der Waals surface area contributed by atoms with Gasteiger partial charge in [0.05, 0.1) is 18.3 Å². The van der Waals surface area contributed by atoms with Crippen molar-refractivity contribution in [1.29, 1.82) is 0 Å². The number of benzene rings is 1. The van der Waals surface area contributed by atoms with Gasteiger partial charge < -0.3 is 5.11 Å². The van der Waals surface area contributed by atoms with Crippen molar-refractivity contribution >= 4 is 0 Å². The van der Waals surface area contributed by atoms with Gasteiger partial charge in [-0.3, -0.25) is 0 Å². The van der Waals surface area contributed by atoms with E-state index in [9.17, 15) is 5.11 Å². The Bertz CT molecular complexity index is 509. The van der Waals surface area contributed by atoms with Crippen molar-refractivity contribution in [3.63, 3.8) is 0 Å². The Labute approximate surface area is 106 Å². The zero-order chi connectivity index (χ0) is 12.4. The van der Waals surface area contributed by atoms with Crippen LogP contribution in [0.2, 0.25) is 0 Å². The number of hydrogen-bond donors (Lipinski definition) is 1. The molecule has 1 saturated carbocycles. The maximum atomic E-state index is 10.0. The third-order valence-corrected chi connectivity index (χ3v) is 3.61. The number of aromatic nitrogens is 3. The van der Waals surface area contributed by atoms with Crippen molar-refractivity contribution in [2.24, 2.45) is 0 Å². The van der Waals surface area contributed by atoms with Crippen LogP contribution in [-0.4, -0.2) is 26.2 Å². The van der Waals surface area contributed by atoms with Crippen LogP contribution in [0.15, 0.2) is 36.5 Å². The molecule has 1 aliphatic rings. The molecule has 2 atom stereocenters. The lowest BCUT2D eigenvalue weighted by atomic mass is 9.93. The van der Waals surface area contributed by atoms with Gasteiger partial charge in [-0.05, 0) is 12.8 Å². The minimum absolute atomic E-state index is 0.0868. The van der Waals surface area contributed by atoms with E-state index in [0.717, 1.165) is 36.9 Å². The lowest BCUT2D eigenvalue weighted by Gasteiger charge is -2.27. The molecular formula is C14H17N3O. The van der Waals surface area contributed by atoms with Crippen molar-refractivity contribution < 1.29 is 5.11 Å². The molecule has 18 heavy (non-hydrogen) atoms. The molecule has 1 heterocycles. The van der Waals surface area contributed by atoms with Gasteiger partial charge in [0.25, 0.3) is 0 Å². The van der Waals surface area contributed by atoms with Gasteiger partial charge >= 0.3 is 0 Å². The first-order valence-electron chi connectivity index (χ1n) is 6.50. The molecule has 2 aromatic rings. The molecule has 0 bridgehead atoms. The van der Waals surface area contributed by atoms with Crippen LogP contribution in [-0.2, 0) is 0 Å². The first kappa shape index (κ1) is 11.4. The molecule has 3 rings (SSSR count). The molecule has 1 N–H and O–H groups in total. The van der Waals surface area contributed by atoms with Crippen LogP contribution < -0.4 is 0 Å². The van der Waals surface area contributed by atoms with Crippen molar-refractivity contribution in [2.45, 2.75) is 37.8 Å². The topological polar surface area (TPSA) is 50.9 Å². The Morgan fingerprint density at radius 1 is 1.11 bits per heavy atom. The van der Waals surface area contributed by atoms with Gasteiger partial charge in [0.1, 0.15) is 5.69 Å². The zero-order valence-corrected chi connectivity index (χ0v) is 10.2. The molecule has 0 saturated heterocycles. The molecule has 0 spiro atoms. The first-order chi connectivity index (χ1) is 8.84. The standard InChI is InChI=1S/C14H17N3O/c18-14-9-5-4-8-13(14)17-10-12(15-16-17)11-6-2-1-3-7-11/h1-3,6-7,10,13-14,18H,4-5,8-9H2/t13?,14-/m0/s1. The number of aliphatic hydroxyl groups is 1. The SMILES string of the molecule is O[C@H]1CCCCC1n1cc(-c2ccccc2)nn1. The number of rotatable bonds is 2. The monoisotopic (exact) mass is 243 g/mol. The van der Waals surface area contributed by atoms with Gasteiger partial charge in [0.2, 0.25) is 0 Å². The Kier molecular flexibility index (Phi) is 3.11. The lowest BCUT2D eigenvalue weighted by molar-refractivity contribution is 0.0685. The first-order valence-corrected chi connectivity index (χ1v) is 6.50. The molecule has 4 nitrogen and oxygen atoms in total. The maximum absolute atomic E-state index is 10.0. The quantitative estimate of drug-likeness (QED) is 0.881. The fourth-order valence-electron chi connectivity index (χ4n) is 2.58. The van der Waals surface area contributed by atoms with E-state index in [2.05, 4.69) is 10.3 Å². The number of hydrogen-bond acceptors (Lipinski definition) is 3. The van der Waals surface area contributed by atoms with E-state index in [1.54, 1.807) is 0 Å². The molecule has 1 aromatic carbocycles. The van der Waals surface area contributed by atoms with Gasteiger partial charge in [-0.2, -0.15) is 0 Å². The van der Waals surface area contributed by atoms with Gasteiger partial charge in [-0.1, -0.05) is 48.4 Å². The van der Waals surface area contributed by atoms with Crippen LogP contribution in [0, 0.1) is 0 Å². The third kappa shape index (κ3) is 2.16. The second kappa shape index (κ2) is 4.90. The fourth-order valence-corrected chi connectivity index (χ4v) is 2.58. The van der Waals surface area contributed by atoms with Crippen molar-refractivity contribution in [3.05, 3.63) is 36.5 Å². The highest BCUT2D eigenvalue weighted by Gasteiger charge is 2.25. The van der Waals surface area contributed by atoms with Crippen LogP contribution in [0.4, 0.5) is 0 Å². The Morgan fingerprint density at radius 3 is 2.67 bits per heavy atom. The van der Waals surface area contributed by atoms with Gasteiger partial charge in [0.15, 0.2) is 0 Å². The average Bonchev–Trinajstić information content (AvgIpc) is 2.90. The molecule has 1 fully saturated rings. The Hall–Kier alpha value is -1.68. The summed E-state index contributed by atoms with van der Waals surface area (Å²) >= 11 is 0. The van der Waals surface area contributed by atoms with Crippen molar-refractivity contribution in [3.8, 4) is 11.3 Å². The molecule has 1 aromatic heterocycles. The fraction of sp³-hybridized carbons (Fsp3) is 0.429. The van der Waals surface area contributed by atoms with Crippen LogP contribution >= 0.6 is 0 Å². The van der Waals surface area contributed by atoms with Gasteiger partial charge in [0, 0.05) is 5.56 Å². The molecule has 1 aliphatic carbocycles. The van der Waals surface area contributed by atoms with Gasteiger partial charge in [-0.15, -0.1) is 5.10 Å². The summed E-state index contributed by atoms with van der Waals surface area (Å²) in [5, 5.41) is 18.4. The number of nitrogens with zero attached hydrogens (tertiary/aromatic N) is 3. The third-order valence-electron chi connectivity index (χ3n) is 3.61. The summed E-state index contributed by atoms with van der Waals surface area (Å²) in [5.74, 6) is 0. The summed E-state index contributed by atoms with van der Waals surface area (Å²) in [7, 11) is 0. The van der Waals surface area contributed by atoms with E-state index in [1.807, 2.05) is 41.2 Å². The second-order valence-corrected chi connectivity index (χ2v) is 4.87. The highest BCUT2D eigenvalue weighted by atomic mass is 16.3. The van der Waals surface area contributed by atoms with Crippen LogP contribution in [0.5, 0.6) is 0 Å². The minimum Gasteiger partial charge on any atom is -0.391 e. The average molecular weight is 243 g/mol. The normalized spacial score (nSPS) is 24.1. The predicted octanol–water partition coefficient (Wildman–Crippen LogP) is 2.42. The van der Waals surface area contributed by atoms with E-state index in [-0.39, 0.29) is 12.1 Å². The van der Waals surface area contributed by atoms with Crippen molar-refractivity contribution in [2.75, 3.05) is 0 Å². The number of aliphatic hydroxyl groups excluding tert-OH is 1. The predicted molar refractivity (Wildman–Crippen MR) is 69.0 cm³/mol. The molecule has 94 valence electrons. The molecule has 0 aliphatic heterocycles. The summed E-state index contributed by atoms with van der Waals surface area (Å²) in [5.41, 5.74) is 1.93. The zero-order valence-electron chi connectivity index (χ0n) is 10.2. The van der Waals surface area contributed by atoms with E-state index in [1.165, 1.54) is 0 Å². The summed E-state index contributed by atoms with van der Waals surface area (Å²) < 4.78 is 1.83. The van der Waals surface area contributed by atoms with Crippen LogP contribution in [0.3, 0.4) is 0 Å². The Balaban J connectivity index is 1.85. The van der Waals surface area contributed by atoms with Crippen molar-refractivity contribution in [1.82, 2.24) is 15.0 Å². The summed E-state index contributed by atoms with van der Waals surface area (Å²) in [6.07, 6.45) is 5.77. The largest absolute Gasteiger partial charge is 0.391 e. The van der Waals surface area contributed by atoms with E-state index in [4.69, 9.17) is 0 Å². The summed E-state index contributed by atoms with van der Waals surface area (Å²) in [4.78, 5) is 0. The maximum Gasteiger partial charge on any atom is 0.113 e. The smallest absolute Gasteiger partial charge is 0.113 e. The Morgan fingerprint density at radius 2 is 1.89 bits per heavy atom. The van der Waals surface area contributed by atoms with Gasteiger partial charge in [-0.25, -0.2) is 4.68 Å². The molecule has 4 heteroatoms. The lowest BCUT2D eigenvalue weighted by Crippen LogP contribution is -2.27. The van der Waals surface area contributed by atoms with Crippen LogP contribution in [0.25, 0.3) is 11.3 Å². The van der Waals surface area contributed by atoms with E-state index in [0.29, 0.717) is 0 Å². The summed E-state index contributed by atoms with van der Waals surface area (Å²) in [6, 6.07) is 10.1. The molecule has 0 radical (unpaired) electrons. The molecule has 1 unspecified atom stereocenters. The highest BCUT2D eigenvalue weighted by Crippen LogP contribution is 2.28. The summed E-state index contributed by atoms with van der Waals surface area (Å²) in [6.45, 7) is 0. The van der Waals surface area contributed by atoms with Crippen LogP contribution in [0.1, 0.15) is 31.7 Å². The second-order valence-electron chi connectivity index (χ2n) is 4.87. The highest BCUT2D eigenvalue weighted by molar-refractivity contribution is 5.57. The van der Waals surface area contributed by atoms with E-state index >= 15 is 0 Å². The molecule has 0 amide bonds. The van der Waals surface area contributed by atoms with E-state index < -0.39 is 0 Å². The molecular weight excluding hydrogens is 226 g/mol.